The van der Waals surface area contributed by atoms with Crippen LogP contribution in [0.4, 0.5) is 5.69 Å². The van der Waals surface area contributed by atoms with E-state index in [-0.39, 0.29) is 17.5 Å². The summed E-state index contributed by atoms with van der Waals surface area (Å²) in [6.45, 7) is 0.757. The molecule has 2 amide bonds. The number of carbonyl (C=O) groups is 2. The first kappa shape index (κ1) is 17.6. The SMILES string of the molecule is COCCN1C(=O)C(=NNC(=O)c2ccccc2)c2ccc(OC)cc21. The molecule has 7 heteroatoms. The third-order valence-electron chi connectivity index (χ3n) is 4.02. The van der Waals surface area contributed by atoms with Crippen molar-refractivity contribution in [3.8, 4) is 5.75 Å². The number of nitrogens with one attached hydrogen (secondary N) is 1. The predicted octanol–water partition coefficient (Wildman–Crippen LogP) is 1.82. The van der Waals surface area contributed by atoms with E-state index in [1.807, 2.05) is 6.07 Å². The molecule has 0 aliphatic carbocycles. The van der Waals surface area contributed by atoms with Crippen molar-refractivity contribution in [1.29, 1.82) is 0 Å². The van der Waals surface area contributed by atoms with E-state index in [1.165, 1.54) is 0 Å². The Kier molecular flexibility index (Phi) is 5.28. The maximum Gasteiger partial charge on any atom is 0.279 e. The van der Waals surface area contributed by atoms with E-state index < -0.39 is 0 Å². The molecule has 0 radical (unpaired) electrons. The third-order valence-corrected chi connectivity index (χ3v) is 4.02. The van der Waals surface area contributed by atoms with Crippen molar-refractivity contribution in [2.24, 2.45) is 5.10 Å². The molecule has 0 fully saturated rings. The monoisotopic (exact) mass is 353 g/mol. The second kappa shape index (κ2) is 7.79. The minimum absolute atomic E-state index is 0.183. The highest BCUT2D eigenvalue weighted by Gasteiger charge is 2.34. The summed E-state index contributed by atoms with van der Waals surface area (Å²) in [5.41, 5.74) is 4.42. The number of amides is 2. The second-order valence-electron chi connectivity index (χ2n) is 5.60. The number of hydrazone groups is 1. The van der Waals surface area contributed by atoms with E-state index in [2.05, 4.69) is 10.5 Å². The van der Waals surface area contributed by atoms with E-state index >= 15 is 0 Å². The molecule has 0 aromatic heterocycles. The van der Waals surface area contributed by atoms with Crippen LogP contribution in [0.5, 0.6) is 5.75 Å². The normalized spacial score (nSPS) is 14.5. The van der Waals surface area contributed by atoms with Gasteiger partial charge in [0, 0.05) is 30.8 Å². The fourth-order valence-corrected chi connectivity index (χ4v) is 2.69. The Hall–Kier alpha value is -3.19. The summed E-state index contributed by atoms with van der Waals surface area (Å²) in [6.07, 6.45) is 0. The number of ether oxygens (including phenoxy) is 2. The number of hydrogen-bond acceptors (Lipinski definition) is 5. The fraction of sp³-hybridized carbons (Fsp3) is 0.211. The lowest BCUT2D eigenvalue weighted by Crippen LogP contribution is -2.34. The summed E-state index contributed by atoms with van der Waals surface area (Å²) in [5.74, 6) is -0.0384. The Labute approximate surface area is 151 Å². The molecule has 0 unspecified atom stereocenters. The highest BCUT2D eigenvalue weighted by Crippen LogP contribution is 2.32. The molecule has 0 saturated carbocycles. The number of rotatable bonds is 6. The number of benzene rings is 2. The van der Waals surface area contributed by atoms with Gasteiger partial charge >= 0.3 is 0 Å². The van der Waals surface area contributed by atoms with Crippen LogP contribution in [-0.2, 0) is 9.53 Å². The largest absolute Gasteiger partial charge is 0.497 e. The number of methoxy groups -OCH3 is 2. The van der Waals surface area contributed by atoms with Gasteiger partial charge in [-0.05, 0) is 24.3 Å². The maximum absolute atomic E-state index is 12.8. The summed E-state index contributed by atoms with van der Waals surface area (Å²) < 4.78 is 10.3. The minimum atomic E-state index is -0.378. The van der Waals surface area contributed by atoms with Gasteiger partial charge in [-0.2, -0.15) is 5.10 Å². The molecule has 0 saturated heterocycles. The number of hydrogen-bond donors (Lipinski definition) is 1. The molecule has 2 aromatic rings. The summed E-state index contributed by atoms with van der Waals surface area (Å²) in [5, 5.41) is 4.08. The lowest BCUT2D eigenvalue weighted by Gasteiger charge is -2.16. The van der Waals surface area contributed by atoms with E-state index in [9.17, 15) is 9.59 Å². The van der Waals surface area contributed by atoms with Gasteiger partial charge in [-0.25, -0.2) is 5.43 Å². The van der Waals surface area contributed by atoms with Gasteiger partial charge in [0.05, 0.1) is 19.4 Å². The van der Waals surface area contributed by atoms with Gasteiger partial charge in [-0.15, -0.1) is 0 Å². The van der Waals surface area contributed by atoms with Crippen LogP contribution in [0, 0.1) is 0 Å². The van der Waals surface area contributed by atoms with Crippen molar-refractivity contribution >= 4 is 23.2 Å². The van der Waals surface area contributed by atoms with Gasteiger partial charge in [0.2, 0.25) is 0 Å². The summed E-state index contributed by atoms with van der Waals surface area (Å²) in [7, 11) is 3.13. The molecule has 3 rings (SSSR count). The molecule has 7 nitrogen and oxygen atoms in total. The lowest BCUT2D eigenvalue weighted by molar-refractivity contribution is -0.112. The molecule has 2 aromatic carbocycles. The molecule has 1 N–H and O–H groups in total. The van der Waals surface area contributed by atoms with Crippen LogP contribution in [0.3, 0.4) is 0 Å². The zero-order valence-electron chi connectivity index (χ0n) is 14.6. The molecule has 1 aliphatic rings. The quantitative estimate of drug-likeness (QED) is 0.804. The van der Waals surface area contributed by atoms with Crippen molar-refractivity contribution in [2.75, 3.05) is 32.3 Å². The topological polar surface area (TPSA) is 80.2 Å². The Morgan fingerprint density at radius 3 is 2.62 bits per heavy atom. The highest BCUT2D eigenvalue weighted by atomic mass is 16.5. The lowest BCUT2D eigenvalue weighted by atomic mass is 10.1. The summed E-state index contributed by atoms with van der Waals surface area (Å²) in [6, 6.07) is 14.0. The Morgan fingerprint density at radius 1 is 1.15 bits per heavy atom. The number of carbonyl (C=O) groups excluding carboxylic acids is 2. The van der Waals surface area contributed by atoms with Crippen molar-refractivity contribution in [3.05, 3.63) is 59.7 Å². The molecule has 1 aliphatic heterocycles. The van der Waals surface area contributed by atoms with Gasteiger partial charge in [0.15, 0.2) is 5.71 Å². The maximum atomic E-state index is 12.8. The number of anilines is 1. The summed E-state index contributed by atoms with van der Waals surface area (Å²) in [4.78, 5) is 26.5. The van der Waals surface area contributed by atoms with E-state index in [0.717, 1.165) is 0 Å². The standard InChI is InChI=1S/C19H19N3O4/c1-25-11-10-22-16-12-14(26-2)8-9-15(16)17(19(22)24)20-21-18(23)13-6-4-3-5-7-13/h3-9,12H,10-11H2,1-2H3,(H,21,23). The van der Waals surface area contributed by atoms with Crippen molar-refractivity contribution < 1.29 is 19.1 Å². The van der Waals surface area contributed by atoms with Gasteiger partial charge in [0.1, 0.15) is 5.75 Å². The van der Waals surface area contributed by atoms with Crippen molar-refractivity contribution in [3.63, 3.8) is 0 Å². The van der Waals surface area contributed by atoms with Crippen LogP contribution in [0.2, 0.25) is 0 Å². The van der Waals surface area contributed by atoms with E-state index in [1.54, 1.807) is 61.6 Å². The van der Waals surface area contributed by atoms with Crippen molar-refractivity contribution in [2.45, 2.75) is 0 Å². The van der Waals surface area contributed by atoms with Crippen LogP contribution in [0.15, 0.2) is 53.6 Å². The average molecular weight is 353 g/mol. The average Bonchev–Trinajstić information content (AvgIpc) is 2.95. The first-order chi connectivity index (χ1) is 12.7. The molecule has 0 atom stereocenters. The molecule has 26 heavy (non-hydrogen) atoms. The van der Waals surface area contributed by atoms with Gasteiger partial charge in [-0.3, -0.25) is 9.59 Å². The van der Waals surface area contributed by atoms with Crippen molar-refractivity contribution in [1.82, 2.24) is 5.43 Å². The van der Waals surface area contributed by atoms with Crippen LogP contribution < -0.4 is 15.1 Å². The molecule has 0 bridgehead atoms. The Morgan fingerprint density at radius 2 is 1.92 bits per heavy atom. The second-order valence-corrected chi connectivity index (χ2v) is 5.60. The van der Waals surface area contributed by atoms with Gasteiger partial charge < -0.3 is 14.4 Å². The zero-order valence-corrected chi connectivity index (χ0v) is 14.6. The molecule has 1 heterocycles. The minimum Gasteiger partial charge on any atom is -0.497 e. The third kappa shape index (κ3) is 3.43. The molecule has 134 valence electrons. The van der Waals surface area contributed by atoms with Crippen LogP contribution in [-0.4, -0.2) is 44.9 Å². The number of nitrogens with zero attached hydrogens (tertiary/aromatic N) is 2. The van der Waals surface area contributed by atoms with Gasteiger partial charge in [-0.1, -0.05) is 18.2 Å². The molecule has 0 spiro atoms. The predicted molar refractivity (Wildman–Crippen MR) is 97.7 cm³/mol. The first-order valence-corrected chi connectivity index (χ1v) is 8.08. The smallest absolute Gasteiger partial charge is 0.279 e. The Balaban J connectivity index is 1.90. The summed E-state index contributed by atoms with van der Waals surface area (Å²) >= 11 is 0. The first-order valence-electron chi connectivity index (χ1n) is 8.08. The van der Waals surface area contributed by atoms with Gasteiger partial charge in [0.25, 0.3) is 11.8 Å². The molecular formula is C19H19N3O4. The fourth-order valence-electron chi connectivity index (χ4n) is 2.69. The number of fused-ring (bicyclic) bond motifs is 1. The van der Waals surface area contributed by atoms with E-state index in [0.29, 0.717) is 35.7 Å². The van der Waals surface area contributed by atoms with Crippen LogP contribution >= 0.6 is 0 Å². The molecular weight excluding hydrogens is 334 g/mol. The van der Waals surface area contributed by atoms with E-state index in [4.69, 9.17) is 9.47 Å². The highest BCUT2D eigenvalue weighted by molar-refractivity contribution is 6.54. The van der Waals surface area contributed by atoms with Crippen LogP contribution in [0.25, 0.3) is 0 Å². The van der Waals surface area contributed by atoms with Crippen LogP contribution in [0.1, 0.15) is 15.9 Å². The Bertz CT molecular complexity index is 849. The zero-order chi connectivity index (χ0) is 18.5.